The summed E-state index contributed by atoms with van der Waals surface area (Å²) in [5, 5.41) is 1.06. The van der Waals surface area contributed by atoms with Gasteiger partial charge in [0.1, 0.15) is 5.82 Å². The van der Waals surface area contributed by atoms with Gasteiger partial charge in [-0.3, -0.25) is 4.57 Å². The van der Waals surface area contributed by atoms with Crippen LogP contribution in [0.4, 0.5) is 5.82 Å². The Bertz CT molecular complexity index is 1070. The fourth-order valence-corrected chi connectivity index (χ4v) is 3.25. The van der Waals surface area contributed by atoms with Crippen LogP contribution < -0.4 is 0 Å². The fraction of sp³-hybridized carbons (Fsp3) is 0.353. The molecule has 0 radical (unpaired) electrons. The van der Waals surface area contributed by atoms with E-state index in [0.29, 0.717) is 17.3 Å². The van der Waals surface area contributed by atoms with Gasteiger partial charge >= 0.3 is 0 Å². The summed E-state index contributed by atoms with van der Waals surface area (Å²) in [5.74, 6) is 1.08. The topological polar surface area (TPSA) is 73.0 Å². The molecule has 0 saturated heterocycles. The predicted molar refractivity (Wildman–Crippen MR) is 102 cm³/mol. The maximum Gasteiger partial charge on any atom is 0.224 e. The van der Waals surface area contributed by atoms with E-state index in [9.17, 15) is 4.21 Å². The molecule has 25 heavy (non-hydrogen) atoms. The van der Waals surface area contributed by atoms with Crippen LogP contribution in [0.5, 0.6) is 0 Å². The Labute approximate surface area is 152 Å². The smallest absolute Gasteiger partial charge is 0.224 e. The molecule has 0 N–H and O–H groups in total. The van der Waals surface area contributed by atoms with Crippen LogP contribution in [-0.4, -0.2) is 36.2 Å². The van der Waals surface area contributed by atoms with Gasteiger partial charge in [0.05, 0.1) is 0 Å². The van der Waals surface area contributed by atoms with Crippen molar-refractivity contribution in [1.29, 1.82) is 0 Å². The molecule has 0 aromatic carbocycles. The first-order chi connectivity index (χ1) is 11.5. The van der Waals surface area contributed by atoms with Crippen molar-refractivity contribution in [3.8, 4) is 5.82 Å². The Morgan fingerprint density at radius 1 is 1.20 bits per heavy atom. The van der Waals surface area contributed by atoms with Gasteiger partial charge in [-0.25, -0.2) is 14.2 Å². The Kier molecular flexibility index (Phi) is 4.33. The van der Waals surface area contributed by atoms with Crippen molar-refractivity contribution in [1.82, 2.24) is 19.5 Å². The van der Waals surface area contributed by atoms with Crippen molar-refractivity contribution in [2.45, 2.75) is 26.2 Å². The summed E-state index contributed by atoms with van der Waals surface area (Å²) in [5.41, 5.74) is 1.56. The highest BCUT2D eigenvalue weighted by Gasteiger charge is 2.23. The molecule has 0 atom stereocenters. The van der Waals surface area contributed by atoms with E-state index in [2.05, 4.69) is 40.1 Å². The van der Waals surface area contributed by atoms with Gasteiger partial charge in [0.25, 0.3) is 0 Å². The average Bonchev–Trinajstić information content (AvgIpc) is 2.84. The average molecular weight is 378 g/mol. The number of hydrogen-bond donors (Lipinski definition) is 0. The Morgan fingerprint density at radius 3 is 2.56 bits per heavy atom. The molecule has 0 aliphatic carbocycles. The number of halogens is 1. The standard InChI is InChI=1S/C17H20ClN5OS/c1-17(2,3)12-9-11-10-19-16(18)21-15(11)23(12)14-8-6-7-13(20-14)22-25(4,5)24/h6-10H,1-5H3. The van der Waals surface area contributed by atoms with Gasteiger partial charge in [0.15, 0.2) is 11.5 Å². The second-order valence-corrected chi connectivity index (χ2v) is 10.0. The third-order valence-corrected chi connectivity index (χ3v) is 4.35. The van der Waals surface area contributed by atoms with Gasteiger partial charge in [-0.2, -0.15) is 9.35 Å². The minimum atomic E-state index is -2.29. The first-order valence-electron chi connectivity index (χ1n) is 7.74. The molecule has 0 unspecified atom stereocenters. The predicted octanol–water partition coefficient (Wildman–Crippen LogP) is 4.13. The van der Waals surface area contributed by atoms with E-state index in [0.717, 1.165) is 11.1 Å². The monoisotopic (exact) mass is 377 g/mol. The normalized spacial score (nSPS) is 12.6. The van der Waals surface area contributed by atoms with Crippen LogP contribution in [0.15, 0.2) is 34.8 Å². The molecule has 132 valence electrons. The van der Waals surface area contributed by atoms with E-state index in [-0.39, 0.29) is 10.7 Å². The molecule has 0 fully saturated rings. The summed E-state index contributed by atoms with van der Waals surface area (Å²) in [6.07, 6.45) is 4.87. The van der Waals surface area contributed by atoms with E-state index < -0.39 is 9.73 Å². The van der Waals surface area contributed by atoms with Gasteiger partial charge in [-0.05, 0) is 29.8 Å². The molecule has 6 nitrogen and oxygen atoms in total. The Morgan fingerprint density at radius 2 is 1.92 bits per heavy atom. The van der Waals surface area contributed by atoms with Crippen molar-refractivity contribution in [2.24, 2.45) is 4.36 Å². The maximum atomic E-state index is 12.0. The Hall–Kier alpha value is -1.99. The molecule has 0 spiro atoms. The second-order valence-electron chi connectivity index (χ2n) is 7.16. The molecule has 0 amide bonds. The van der Waals surface area contributed by atoms with E-state index in [4.69, 9.17) is 11.6 Å². The minimum Gasteiger partial charge on any atom is -0.282 e. The molecule has 3 rings (SSSR count). The van der Waals surface area contributed by atoms with E-state index in [1.807, 2.05) is 22.8 Å². The summed E-state index contributed by atoms with van der Waals surface area (Å²) < 4.78 is 18.1. The third-order valence-electron chi connectivity index (χ3n) is 3.54. The van der Waals surface area contributed by atoms with Gasteiger partial charge in [-0.15, -0.1) is 0 Å². The zero-order valence-electron chi connectivity index (χ0n) is 14.8. The van der Waals surface area contributed by atoms with Crippen LogP contribution >= 0.6 is 11.6 Å². The number of rotatable bonds is 2. The van der Waals surface area contributed by atoms with E-state index >= 15 is 0 Å². The quantitative estimate of drug-likeness (QED) is 0.629. The molecule has 3 aromatic heterocycles. The summed E-state index contributed by atoms with van der Waals surface area (Å²) in [4.78, 5) is 13.0. The van der Waals surface area contributed by atoms with E-state index in [1.54, 1.807) is 24.8 Å². The molecular weight excluding hydrogens is 358 g/mol. The highest BCUT2D eigenvalue weighted by molar-refractivity contribution is 7.92. The molecule has 0 saturated carbocycles. The zero-order chi connectivity index (χ0) is 18.4. The molecule has 3 aromatic rings. The van der Waals surface area contributed by atoms with Crippen LogP contribution in [0, 0.1) is 0 Å². The van der Waals surface area contributed by atoms with Crippen molar-refractivity contribution in [3.05, 3.63) is 41.4 Å². The summed E-state index contributed by atoms with van der Waals surface area (Å²) in [6.45, 7) is 6.35. The van der Waals surface area contributed by atoms with Crippen LogP contribution in [0.3, 0.4) is 0 Å². The molecule has 0 aliphatic heterocycles. The number of aromatic nitrogens is 4. The Balaban J connectivity index is 2.33. The van der Waals surface area contributed by atoms with E-state index in [1.165, 1.54) is 0 Å². The lowest BCUT2D eigenvalue weighted by Crippen LogP contribution is -2.17. The van der Waals surface area contributed by atoms with Gasteiger partial charge in [0, 0.05) is 44.9 Å². The lowest BCUT2D eigenvalue weighted by atomic mass is 9.92. The highest BCUT2D eigenvalue weighted by Crippen LogP contribution is 2.31. The second kappa shape index (κ2) is 6.07. The summed E-state index contributed by atoms with van der Waals surface area (Å²) in [6, 6.07) is 7.49. The van der Waals surface area contributed by atoms with Gasteiger partial charge < -0.3 is 0 Å². The zero-order valence-corrected chi connectivity index (χ0v) is 16.4. The lowest BCUT2D eigenvalue weighted by Gasteiger charge is -2.21. The highest BCUT2D eigenvalue weighted by atomic mass is 35.5. The molecule has 0 aliphatic rings. The van der Waals surface area contributed by atoms with Crippen LogP contribution in [-0.2, 0) is 15.1 Å². The number of hydrogen-bond acceptors (Lipinski definition) is 5. The van der Waals surface area contributed by atoms with Crippen LogP contribution in [0.25, 0.3) is 16.9 Å². The first-order valence-corrected chi connectivity index (χ1v) is 10.4. The minimum absolute atomic E-state index is 0.148. The first kappa shape index (κ1) is 17.8. The number of fused-ring (bicyclic) bond motifs is 1. The molecule has 8 heteroatoms. The van der Waals surface area contributed by atoms with Gasteiger partial charge in [0.2, 0.25) is 5.28 Å². The largest absolute Gasteiger partial charge is 0.282 e. The fourth-order valence-electron chi connectivity index (χ4n) is 2.56. The lowest BCUT2D eigenvalue weighted by molar-refractivity contribution is 0.557. The third kappa shape index (κ3) is 3.82. The molecular formula is C17H20ClN5OS. The van der Waals surface area contributed by atoms with Crippen molar-refractivity contribution < 1.29 is 4.21 Å². The van der Waals surface area contributed by atoms with Crippen molar-refractivity contribution >= 4 is 38.2 Å². The van der Waals surface area contributed by atoms with Crippen molar-refractivity contribution in [2.75, 3.05) is 12.5 Å². The number of pyridine rings is 1. The SMILES string of the molecule is CC(C)(C)c1cc2cnc(Cl)nc2n1-c1cccc(N=S(C)(C)=O)n1. The summed E-state index contributed by atoms with van der Waals surface area (Å²) in [7, 11) is -2.29. The molecule has 0 bridgehead atoms. The van der Waals surface area contributed by atoms with Crippen LogP contribution in [0.2, 0.25) is 5.28 Å². The number of nitrogens with zero attached hydrogens (tertiary/aromatic N) is 5. The van der Waals surface area contributed by atoms with Crippen LogP contribution in [0.1, 0.15) is 26.5 Å². The molecule has 3 heterocycles. The summed E-state index contributed by atoms with van der Waals surface area (Å²) >= 11 is 6.01. The maximum absolute atomic E-state index is 12.0. The van der Waals surface area contributed by atoms with Gasteiger partial charge in [-0.1, -0.05) is 26.8 Å². The van der Waals surface area contributed by atoms with Crippen molar-refractivity contribution in [3.63, 3.8) is 0 Å².